The molecule has 3 N–H and O–H groups in total. The molecule has 190 valence electrons. The van der Waals surface area contributed by atoms with E-state index in [1.807, 2.05) is 12.1 Å². The lowest BCUT2D eigenvalue weighted by atomic mass is 10.1. The second kappa shape index (κ2) is 11.9. The molecule has 2 aliphatic heterocycles. The average molecular weight is 484 g/mol. The van der Waals surface area contributed by atoms with Gasteiger partial charge in [0, 0.05) is 38.8 Å². The van der Waals surface area contributed by atoms with Gasteiger partial charge in [-0.25, -0.2) is 9.78 Å². The van der Waals surface area contributed by atoms with Crippen molar-refractivity contribution in [3.05, 3.63) is 29.8 Å². The smallest absolute Gasteiger partial charge is 0.315 e. The monoisotopic (exact) mass is 483 g/mol. The first kappa shape index (κ1) is 24.8. The summed E-state index contributed by atoms with van der Waals surface area (Å²) in [4.78, 5) is 38.1. The van der Waals surface area contributed by atoms with E-state index in [4.69, 9.17) is 4.42 Å². The molecule has 0 aliphatic carbocycles. The molecule has 4 heterocycles. The van der Waals surface area contributed by atoms with Crippen LogP contribution >= 0.6 is 0 Å². The Hall–Kier alpha value is -3.30. The van der Waals surface area contributed by atoms with E-state index >= 15 is 0 Å². The van der Waals surface area contributed by atoms with E-state index in [-0.39, 0.29) is 23.7 Å². The zero-order valence-corrected chi connectivity index (χ0v) is 20.8. The number of unbranched alkanes of at least 4 members (excludes halogenated alkanes) is 1. The average Bonchev–Trinajstić information content (AvgIpc) is 3.27. The number of oxazole rings is 1. The lowest BCUT2D eigenvalue weighted by Gasteiger charge is -2.33. The van der Waals surface area contributed by atoms with Crippen molar-refractivity contribution in [3.63, 3.8) is 0 Å². The van der Waals surface area contributed by atoms with Gasteiger partial charge >= 0.3 is 6.03 Å². The Bertz CT molecular complexity index is 977. The molecule has 2 aromatic heterocycles. The number of carbonyl (C=O) groups excluding carboxylic acids is 2. The molecular weight excluding hydrogens is 446 g/mol. The number of hydrogen-bond donors (Lipinski definition) is 3. The first-order chi connectivity index (χ1) is 17.0. The molecule has 2 aliphatic rings. The van der Waals surface area contributed by atoms with Gasteiger partial charge in [-0.05, 0) is 57.6 Å². The third-order valence-electron chi connectivity index (χ3n) is 6.59. The fourth-order valence-corrected chi connectivity index (χ4v) is 4.52. The number of anilines is 3. The number of urea groups is 1. The van der Waals surface area contributed by atoms with Crippen molar-refractivity contribution in [2.45, 2.75) is 64.8 Å². The fourth-order valence-electron chi connectivity index (χ4n) is 4.52. The Balaban J connectivity index is 1.26. The molecular formula is C25H37N7O3. The number of nitrogens with zero attached hydrogens (tertiary/aromatic N) is 4. The molecule has 0 bridgehead atoms. The van der Waals surface area contributed by atoms with Gasteiger partial charge in [0.2, 0.25) is 5.76 Å². The van der Waals surface area contributed by atoms with Gasteiger partial charge in [0.15, 0.2) is 0 Å². The molecule has 10 heteroatoms. The minimum atomic E-state index is -0.322. The van der Waals surface area contributed by atoms with Gasteiger partial charge in [-0.15, -0.1) is 0 Å². The number of amides is 3. The molecule has 0 spiro atoms. The largest absolute Gasteiger partial charge is 0.418 e. The SMILES string of the molecule is CCCCNC(=O)NC1CCN(c2ccc(NC(=O)c3oc(N4CCCCC4)nc3C)cn2)CC1. The summed E-state index contributed by atoms with van der Waals surface area (Å²) >= 11 is 0. The molecule has 3 amide bonds. The normalized spacial score (nSPS) is 16.7. The number of piperidine rings is 2. The minimum Gasteiger partial charge on any atom is -0.418 e. The quantitative estimate of drug-likeness (QED) is 0.491. The van der Waals surface area contributed by atoms with Crippen LogP contribution in [0, 0.1) is 6.92 Å². The van der Waals surface area contributed by atoms with Crippen LogP contribution in [0.25, 0.3) is 0 Å². The third-order valence-corrected chi connectivity index (χ3v) is 6.59. The molecule has 0 aromatic carbocycles. The van der Waals surface area contributed by atoms with Crippen LogP contribution < -0.4 is 25.8 Å². The number of rotatable bonds is 8. The predicted octanol–water partition coefficient (Wildman–Crippen LogP) is 3.69. The molecule has 2 fully saturated rings. The summed E-state index contributed by atoms with van der Waals surface area (Å²) in [6.07, 6.45) is 8.90. The van der Waals surface area contributed by atoms with Crippen molar-refractivity contribution in [3.8, 4) is 0 Å². The second-order valence-corrected chi connectivity index (χ2v) is 9.33. The highest BCUT2D eigenvalue weighted by Gasteiger charge is 2.23. The summed E-state index contributed by atoms with van der Waals surface area (Å²) < 4.78 is 5.81. The van der Waals surface area contributed by atoms with Gasteiger partial charge in [-0.2, -0.15) is 4.98 Å². The number of carbonyl (C=O) groups is 2. The van der Waals surface area contributed by atoms with Crippen LogP contribution in [0.5, 0.6) is 0 Å². The predicted molar refractivity (Wildman–Crippen MR) is 136 cm³/mol. The number of nitrogens with one attached hydrogen (secondary N) is 3. The second-order valence-electron chi connectivity index (χ2n) is 9.33. The van der Waals surface area contributed by atoms with Crippen LogP contribution in [-0.4, -0.2) is 60.7 Å². The van der Waals surface area contributed by atoms with E-state index in [0.717, 1.165) is 70.5 Å². The maximum absolute atomic E-state index is 12.8. The van der Waals surface area contributed by atoms with Gasteiger partial charge in [0.05, 0.1) is 17.6 Å². The molecule has 10 nitrogen and oxygen atoms in total. The zero-order chi connectivity index (χ0) is 24.6. The summed E-state index contributed by atoms with van der Waals surface area (Å²) in [6, 6.07) is 4.37. The summed E-state index contributed by atoms with van der Waals surface area (Å²) in [7, 11) is 0. The first-order valence-electron chi connectivity index (χ1n) is 12.8. The van der Waals surface area contributed by atoms with E-state index in [2.05, 4.69) is 42.6 Å². The highest BCUT2D eigenvalue weighted by atomic mass is 16.4. The number of hydrogen-bond acceptors (Lipinski definition) is 7. The van der Waals surface area contributed by atoms with Crippen LogP contribution in [0.15, 0.2) is 22.7 Å². The van der Waals surface area contributed by atoms with Crippen molar-refractivity contribution in [2.24, 2.45) is 0 Å². The summed E-state index contributed by atoms with van der Waals surface area (Å²) in [5.74, 6) is 0.775. The summed E-state index contributed by atoms with van der Waals surface area (Å²) in [5.41, 5.74) is 1.19. The van der Waals surface area contributed by atoms with Crippen molar-refractivity contribution in [1.82, 2.24) is 20.6 Å². The van der Waals surface area contributed by atoms with Crippen LogP contribution in [0.2, 0.25) is 0 Å². The fraction of sp³-hybridized carbons (Fsp3) is 0.600. The van der Waals surface area contributed by atoms with Crippen molar-refractivity contribution in [1.29, 1.82) is 0 Å². The van der Waals surface area contributed by atoms with Crippen LogP contribution in [-0.2, 0) is 0 Å². The Morgan fingerprint density at radius 1 is 1.09 bits per heavy atom. The van der Waals surface area contributed by atoms with E-state index in [0.29, 0.717) is 23.9 Å². The highest BCUT2D eigenvalue weighted by molar-refractivity contribution is 6.03. The molecule has 0 atom stereocenters. The van der Waals surface area contributed by atoms with Gasteiger partial charge in [0.1, 0.15) is 5.82 Å². The zero-order valence-electron chi connectivity index (χ0n) is 20.8. The van der Waals surface area contributed by atoms with Crippen LogP contribution in [0.1, 0.15) is 68.1 Å². The molecule has 2 aromatic rings. The standard InChI is InChI=1S/C25H37N7O3/c1-3-4-12-26-24(34)30-19-10-15-31(16-11-19)21-9-8-20(17-27-21)29-23(33)22-18(2)28-25(35-22)32-13-6-5-7-14-32/h8-9,17,19H,3-7,10-16H2,1-2H3,(H,29,33)(H2,26,30,34). The van der Waals surface area contributed by atoms with E-state index in [1.165, 1.54) is 6.42 Å². The van der Waals surface area contributed by atoms with Crippen molar-refractivity contribution >= 4 is 29.5 Å². The highest BCUT2D eigenvalue weighted by Crippen LogP contribution is 2.24. The van der Waals surface area contributed by atoms with Gasteiger partial charge in [0.25, 0.3) is 11.9 Å². The maximum atomic E-state index is 12.8. The maximum Gasteiger partial charge on any atom is 0.315 e. The van der Waals surface area contributed by atoms with Gasteiger partial charge < -0.3 is 30.2 Å². The van der Waals surface area contributed by atoms with Crippen LogP contribution in [0.3, 0.4) is 0 Å². The number of pyridine rings is 1. The van der Waals surface area contributed by atoms with E-state index in [9.17, 15) is 9.59 Å². The topological polar surface area (TPSA) is 116 Å². The van der Waals surface area contributed by atoms with Crippen molar-refractivity contribution < 1.29 is 14.0 Å². The Morgan fingerprint density at radius 3 is 2.54 bits per heavy atom. The Kier molecular flexibility index (Phi) is 8.44. The molecule has 2 saturated heterocycles. The van der Waals surface area contributed by atoms with Gasteiger partial charge in [-0.3, -0.25) is 4.79 Å². The first-order valence-corrected chi connectivity index (χ1v) is 12.8. The molecule has 0 saturated carbocycles. The lowest BCUT2D eigenvalue weighted by molar-refractivity contribution is 0.0996. The van der Waals surface area contributed by atoms with Gasteiger partial charge in [-0.1, -0.05) is 13.3 Å². The summed E-state index contributed by atoms with van der Waals surface area (Å²) in [6.45, 7) is 8.05. The Labute approximate surface area is 206 Å². The lowest BCUT2D eigenvalue weighted by Crippen LogP contribution is -2.48. The molecule has 35 heavy (non-hydrogen) atoms. The summed E-state index contributed by atoms with van der Waals surface area (Å²) in [5, 5.41) is 8.84. The molecule has 4 rings (SSSR count). The van der Waals surface area contributed by atoms with Crippen molar-refractivity contribution in [2.75, 3.05) is 47.8 Å². The van der Waals surface area contributed by atoms with Crippen LogP contribution in [0.4, 0.5) is 22.3 Å². The van der Waals surface area contributed by atoms with E-state index in [1.54, 1.807) is 13.1 Å². The molecule has 0 unspecified atom stereocenters. The molecule has 0 radical (unpaired) electrons. The minimum absolute atomic E-state index is 0.0832. The van der Waals surface area contributed by atoms with E-state index < -0.39 is 0 Å². The number of aromatic nitrogens is 2. The Morgan fingerprint density at radius 2 is 1.86 bits per heavy atom. The third kappa shape index (κ3) is 6.64. The number of aryl methyl sites for hydroxylation is 1.